The van der Waals surface area contributed by atoms with Crippen LogP contribution in [0.25, 0.3) is 0 Å². The number of rotatable bonds is 8. The predicted molar refractivity (Wildman–Crippen MR) is 128 cm³/mol. The summed E-state index contributed by atoms with van der Waals surface area (Å²) in [6.45, 7) is 2.79. The first-order valence-corrected chi connectivity index (χ1v) is 12.8. The smallest absolute Gasteiger partial charge is 0.342 e. The summed E-state index contributed by atoms with van der Waals surface area (Å²) in [7, 11) is -0.733. The zero-order valence-corrected chi connectivity index (χ0v) is 20.8. The number of likely N-dealkylation sites (N-methyl/N-ethyl adjacent to an activating group) is 1. The van der Waals surface area contributed by atoms with Crippen LogP contribution < -0.4 is 4.74 Å². The molecule has 0 bridgehead atoms. The fraction of sp³-hybridized carbons (Fsp3) is 0.440. The maximum absolute atomic E-state index is 13.1. The van der Waals surface area contributed by atoms with Crippen molar-refractivity contribution in [1.29, 1.82) is 0 Å². The zero-order chi connectivity index (χ0) is 24.7. The molecule has 0 aromatic heterocycles. The van der Waals surface area contributed by atoms with Gasteiger partial charge in [0.2, 0.25) is 10.0 Å². The molecule has 1 amide bonds. The molecule has 3 rings (SSSR count). The number of methoxy groups -OCH3 is 1. The molecule has 1 fully saturated rings. The summed E-state index contributed by atoms with van der Waals surface area (Å²) in [5, 5.41) is 0. The summed E-state index contributed by atoms with van der Waals surface area (Å²) in [6.07, 6.45) is 3.61. The summed E-state index contributed by atoms with van der Waals surface area (Å²) in [6, 6.07) is 11.9. The molecule has 0 radical (unpaired) electrons. The normalized spacial score (nSPS) is 14.8. The second-order valence-corrected chi connectivity index (χ2v) is 10.4. The number of amides is 1. The first-order chi connectivity index (χ1) is 16.2. The van der Waals surface area contributed by atoms with Gasteiger partial charge in [0, 0.05) is 26.7 Å². The van der Waals surface area contributed by atoms with Crippen LogP contribution >= 0.6 is 0 Å². The first-order valence-electron chi connectivity index (χ1n) is 11.4. The van der Waals surface area contributed by atoms with E-state index in [1.54, 1.807) is 7.05 Å². The van der Waals surface area contributed by atoms with Crippen molar-refractivity contribution in [3.63, 3.8) is 0 Å². The molecule has 1 saturated heterocycles. The average Bonchev–Trinajstić information content (AvgIpc) is 3.13. The lowest BCUT2D eigenvalue weighted by atomic mass is 10.1. The van der Waals surface area contributed by atoms with Gasteiger partial charge in [0.1, 0.15) is 11.3 Å². The summed E-state index contributed by atoms with van der Waals surface area (Å²) >= 11 is 0. The topological polar surface area (TPSA) is 93.2 Å². The van der Waals surface area contributed by atoms with E-state index in [-0.39, 0.29) is 22.1 Å². The highest BCUT2D eigenvalue weighted by atomic mass is 32.2. The Labute approximate surface area is 201 Å². The van der Waals surface area contributed by atoms with Crippen LogP contribution in [-0.4, -0.2) is 63.4 Å². The van der Waals surface area contributed by atoms with Crippen LogP contribution in [0, 0.1) is 6.92 Å². The van der Waals surface area contributed by atoms with Crippen LogP contribution in [0.2, 0.25) is 0 Å². The molecule has 8 nitrogen and oxygen atoms in total. The molecule has 1 aliphatic rings. The van der Waals surface area contributed by atoms with Crippen molar-refractivity contribution in [2.75, 3.05) is 33.9 Å². The molecule has 0 atom stereocenters. The van der Waals surface area contributed by atoms with Gasteiger partial charge in [-0.2, -0.15) is 4.31 Å². The fourth-order valence-electron chi connectivity index (χ4n) is 3.88. The summed E-state index contributed by atoms with van der Waals surface area (Å²) in [4.78, 5) is 26.8. The van der Waals surface area contributed by atoms with E-state index in [9.17, 15) is 18.0 Å². The molecule has 2 aromatic carbocycles. The molecule has 9 heteroatoms. The number of hydrogen-bond donors (Lipinski definition) is 0. The summed E-state index contributed by atoms with van der Waals surface area (Å²) < 4.78 is 38.2. The van der Waals surface area contributed by atoms with Crippen LogP contribution in [0.15, 0.2) is 47.4 Å². The average molecular weight is 489 g/mol. The number of ether oxygens (including phenoxy) is 2. The SMILES string of the molecule is COc1ccc(S(=O)(=O)N2CCCCCC2)cc1C(=O)OCC(=O)N(C)Cc1ccccc1C. The van der Waals surface area contributed by atoms with E-state index in [1.165, 1.54) is 34.5 Å². The lowest BCUT2D eigenvalue weighted by Gasteiger charge is -2.21. The second-order valence-electron chi connectivity index (χ2n) is 8.43. The van der Waals surface area contributed by atoms with Gasteiger partial charge in [-0.15, -0.1) is 0 Å². The number of nitrogens with zero attached hydrogens (tertiary/aromatic N) is 2. The highest BCUT2D eigenvalue weighted by Crippen LogP contribution is 2.27. The van der Waals surface area contributed by atoms with Gasteiger partial charge in [-0.3, -0.25) is 4.79 Å². The van der Waals surface area contributed by atoms with Gasteiger partial charge < -0.3 is 14.4 Å². The molecule has 2 aromatic rings. The number of carbonyl (C=O) groups excluding carboxylic acids is 2. The predicted octanol–water partition coefficient (Wildman–Crippen LogP) is 3.38. The van der Waals surface area contributed by atoms with E-state index < -0.39 is 22.6 Å². The van der Waals surface area contributed by atoms with E-state index in [0.29, 0.717) is 19.6 Å². The standard InChI is InChI=1S/C25H32N2O6S/c1-19-10-6-7-11-20(19)17-26(2)24(28)18-33-25(29)22-16-21(12-13-23(22)32-3)34(30,31)27-14-8-4-5-9-15-27/h6-7,10-13,16H,4-5,8-9,14-15,17-18H2,1-3H3. The summed E-state index contributed by atoms with van der Waals surface area (Å²) in [5.74, 6) is -1.01. The van der Waals surface area contributed by atoms with Crippen molar-refractivity contribution < 1.29 is 27.5 Å². The van der Waals surface area contributed by atoms with Gasteiger partial charge >= 0.3 is 5.97 Å². The molecule has 0 saturated carbocycles. The molecule has 184 valence electrons. The molecule has 1 heterocycles. The van der Waals surface area contributed by atoms with Crippen molar-refractivity contribution in [1.82, 2.24) is 9.21 Å². The molecular formula is C25H32N2O6S. The molecule has 0 unspecified atom stereocenters. The van der Waals surface area contributed by atoms with Gasteiger partial charge in [0.15, 0.2) is 6.61 Å². The lowest BCUT2D eigenvalue weighted by molar-refractivity contribution is -0.133. The fourth-order valence-corrected chi connectivity index (χ4v) is 5.43. The van der Waals surface area contributed by atoms with Crippen molar-refractivity contribution in [2.24, 2.45) is 0 Å². The number of benzene rings is 2. The van der Waals surface area contributed by atoms with E-state index in [0.717, 1.165) is 36.8 Å². The Bertz CT molecular complexity index is 1120. The molecule has 1 aliphatic heterocycles. The maximum atomic E-state index is 13.1. The Morgan fingerprint density at radius 2 is 1.71 bits per heavy atom. The summed E-state index contributed by atoms with van der Waals surface area (Å²) in [5.41, 5.74) is 2.02. The van der Waals surface area contributed by atoms with Gasteiger partial charge in [0.25, 0.3) is 5.91 Å². The van der Waals surface area contributed by atoms with Crippen molar-refractivity contribution in [2.45, 2.75) is 44.0 Å². The third kappa shape index (κ3) is 6.15. The van der Waals surface area contributed by atoms with Gasteiger partial charge in [0.05, 0.1) is 12.0 Å². The monoisotopic (exact) mass is 488 g/mol. The largest absolute Gasteiger partial charge is 0.496 e. The molecule has 0 aliphatic carbocycles. The quantitative estimate of drug-likeness (QED) is 0.529. The van der Waals surface area contributed by atoms with Crippen LogP contribution in [0.4, 0.5) is 0 Å². The highest BCUT2D eigenvalue weighted by Gasteiger charge is 2.27. The maximum Gasteiger partial charge on any atom is 0.342 e. The van der Waals surface area contributed by atoms with E-state index in [4.69, 9.17) is 9.47 Å². The lowest BCUT2D eigenvalue weighted by Crippen LogP contribution is -2.32. The second kappa shape index (κ2) is 11.5. The van der Waals surface area contributed by atoms with Crippen LogP contribution in [0.5, 0.6) is 5.75 Å². The number of aryl methyl sites for hydroxylation is 1. The minimum absolute atomic E-state index is 0.00477. The van der Waals surface area contributed by atoms with Crippen LogP contribution in [-0.2, 0) is 26.1 Å². The Kier molecular flexibility index (Phi) is 8.68. The van der Waals surface area contributed by atoms with Gasteiger partial charge in [-0.1, -0.05) is 37.1 Å². The van der Waals surface area contributed by atoms with E-state index >= 15 is 0 Å². The molecule has 34 heavy (non-hydrogen) atoms. The Balaban J connectivity index is 1.71. The van der Waals surface area contributed by atoms with Crippen molar-refractivity contribution in [3.05, 3.63) is 59.2 Å². The third-order valence-electron chi connectivity index (χ3n) is 6.01. The van der Waals surface area contributed by atoms with E-state index in [2.05, 4.69) is 0 Å². The first kappa shape index (κ1) is 25.7. The van der Waals surface area contributed by atoms with E-state index in [1.807, 2.05) is 31.2 Å². The Hall–Kier alpha value is -2.91. The van der Waals surface area contributed by atoms with Crippen molar-refractivity contribution in [3.8, 4) is 5.75 Å². The van der Waals surface area contributed by atoms with Crippen LogP contribution in [0.1, 0.15) is 47.2 Å². The Morgan fingerprint density at radius 1 is 1.03 bits per heavy atom. The third-order valence-corrected chi connectivity index (χ3v) is 7.91. The highest BCUT2D eigenvalue weighted by molar-refractivity contribution is 7.89. The molecular weight excluding hydrogens is 456 g/mol. The van der Waals surface area contributed by atoms with Gasteiger partial charge in [-0.25, -0.2) is 13.2 Å². The van der Waals surface area contributed by atoms with Gasteiger partial charge in [-0.05, 0) is 49.1 Å². The van der Waals surface area contributed by atoms with Crippen molar-refractivity contribution >= 4 is 21.9 Å². The minimum atomic E-state index is -3.75. The molecule has 0 N–H and O–H groups in total. The number of carbonyl (C=O) groups is 2. The minimum Gasteiger partial charge on any atom is -0.496 e. The number of hydrogen-bond acceptors (Lipinski definition) is 6. The molecule has 0 spiro atoms. The van der Waals surface area contributed by atoms with Crippen LogP contribution in [0.3, 0.4) is 0 Å². The number of esters is 1. The zero-order valence-electron chi connectivity index (χ0n) is 20.0. The Morgan fingerprint density at radius 3 is 2.35 bits per heavy atom. The number of sulfonamides is 1.